The summed E-state index contributed by atoms with van der Waals surface area (Å²) < 4.78 is 49.8. The van der Waals surface area contributed by atoms with Crippen LogP contribution in [0.3, 0.4) is 0 Å². The fraction of sp³-hybridized carbons (Fsp3) is 0.208. The Bertz CT molecular complexity index is 1230. The largest absolute Gasteiger partial charge is 0.495 e. The van der Waals surface area contributed by atoms with E-state index in [4.69, 9.17) is 9.47 Å². The van der Waals surface area contributed by atoms with Crippen molar-refractivity contribution in [3.05, 3.63) is 77.1 Å². The Labute approximate surface area is 199 Å². The van der Waals surface area contributed by atoms with Gasteiger partial charge in [0.15, 0.2) is 0 Å². The van der Waals surface area contributed by atoms with Crippen LogP contribution in [-0.2, 0) is 12.7 Å². The number of nitrogens with one attached hydrogen (secondary N) is 3. The second-order valence-corrected chi connectivity index (χ2v) is 7.38. The van der Waals surface area contributed by atoms with Crippen LogP contribution in [0.5, 0.6) is 17.2 Å². The van der Waals surface area contributed by atoms with Crippen LogP contribution in [0.4, 0.5) is 23.7 Å². The molecule has 3 amide bonds. The molecule has 0 aliphatic carbocycles. The van der Waals surface area contributed by atoms with Crippen LogP contribution in [0.25, 0.3) is 0 Å². The molecule has 8 nitrogen and oxygen atoms in total. The first kappa shape index (κ1) is 25.3. The summed E-state index contributed by atoms with van der Waals surface area (Å²) >= 11 is 0. The number of aryl methyl sites for hydroxylation is 1. The summed E-state index contributed by atoms with van der Waals surface area (Å²) in [5, 5.41) is 7.47. The van der Waals surface area contributed by atoms with Gasteiger partial charge < -0.3 is 25.4 Å². The number of alkyl halides is 3. The molecular weight excluding hydrogens is 465 g/mol. The Morgan fingerprint density at radius 1 is 1.03 bits per heavy atom. The van der Waals surface area contributed by atoms with E-state index in [2.05, 4.69) is 20.9 Å². The zero-order valence-electron chi connectivity index (χ0n) is 19.1. The fourth-order valence-electron chi connectivity index (χ4n) is 3.12. The topological polar surface area (TPSA) is 102 Å². The van der Waals surface area contributed by atoms with Crippen LogP contribution in [0.1, 0.15) is 27.2 Å². The number of rotatable bonds is 7. The Hall–Kier alpha value is -4.28. The molecule has 0 fully saturated rings. The molecule has 2 aromatic carbocycles. The van der Waals surface area contributed by atoms with E-state index in [0.717, 1.165) is 29.3 Å². The lowest BCUT2D eigenvalue weighted by molar-refractivity contribution is -0.137. The standard InChI is InChI=1S/C24H23F3N4O4/c1-14-10-15(4-6-20(14)35-17-8-9-29-19(12-17)22(32)28-2)13-30-23(33)31-18-11-16(24(25,26)27)5-7-21(18)34-3/h4-12H,13H2,1-3H3,(H,28,32)(H2,30,31,33). The van der Waals surface area contributed by atoms with Gasteiger partial charge in [0.1, 0.15) is 22.9 Å². The summed E-state index contributed by atoms with van der Waals surface area (Å²) in [4.78, 5) is 28.0. The first-order chi connectivity index (χ1) is 16.6. The van der Waals surface area contributed by atoms with Crippen molar-refractivity contribution < 1.29 is 32.2 Å². The van der Waals surface area contributed by atoms with Crippen molar-refractivity contribution in [1.82, 2.24) is 15.6 Å². The highest BCUT2D eigenvalue weighted by Crippen LogP contribution is 2.35. The maximum atomic E-state index is 13.0. The minimum absolute atomic E-state index is 0.0983. The first-order valence-electron chi connectivity index (χ1n) is 10.4. The number of carbonyl (C=O) groups excluding carboxylic acids is 2. The average Bonchev–Trinajstić information content (AvgIpc) is 2.83. The van der Waals surface area contributed by atoms with Crippen LogP contribution in [0.2, 0.25) is 0 Å². The van der Waals surface area contributed by atoms with Gasteiger partial charge in [-0.1, -0.05) is 12.1 Å². The van der Waals surface area contributed by atoms with Crippen molar-refractivity contribution in [3.63, 3.8) is 0 Å². The monoisotopic (exact) mass is 488 g/mol. The number of halogens is 3. The quantitative estimate of drug-likeness (QED) is 0.440. The molecule has 0 unspecified atom stereocenters. The van der Waals surface area contributed by atoms with Crippen molar-refractivity contribution in [1.29, 1.82) is 0 Å². The molecule has 184 valence electrons. The lowest BCUT2D eigenvalue weighted by Crippen LogP contribution is -2.28. The number of urea groups is 1. The van der Waals surface area contributed by atoms with Crippen molar-refractivity contribution in [2.24, 2.45) is 0 Å². The molecule has 0 atom stereocenters. The number of hydrogen-bond acceptors (Lipinski definition) is 5. The maximum Gasteiger partial charge on any atom is 0.416 e. The predicted octanol–water partition coefficient (Wildman–Crippen LogP) is 4.89. The number of hydrogen-bond donors (Lipinski definition) is 3. The van der Waals surface area contributed by atoms with Crippen LogP contribution < -0.4 is 25.4 Å². The zero-order valence-corrected chi connectivity index (χ0v) is 19.1. The van der Waals surface area contributed by atoms with Gasteiger partial charge in [-0.2, -0.15) is 13.2 Å². The number of benzene rings is 2. The van der Waals surface area contributed by atoms with E-state index in [9.17, 15) is 22.8 Å². The van der Waals surface area contributed by atoms with E-state index < -0.39 is 17.8 Å². The Morgan fingerprint density at radius 3 is 2.43 bits per heavy atom. The van der Waals surface area contributed by atoms with Crippen LogP contribution >= 0.6 is 0 Å². The minimum atomic E-state index is -4.55. The molecule has 1 heterocycles. The van der Waals surface area contributed by atoms with E-state index in [1.165, 1.54) is 26.4 Å². The molecule has 1 aromatic heterocycles. The summed E-state index contributed by atoms with van der Waals surface area (Å²) in [5.74, 6) is 0.735. The van der Waals surface area contributed by atoms with Crippen molar-refractivity contribution >= 4 is 17.6 Å². The van der Waals surface area contributed by atoms with Crippen LogP contribution in [0.15, 0.2) is 54.7 Å². The molecule has 0 aliphatic heterocycles. The second kappa shape index (κ2) is 10.8. The van der Waals surface area contributed by atoms with Crippen LogP contribution in [-0.4, -0.2) is 31.1 Å². The van der Waals surface area contributed by atoms with Gasteiger partial charge >= 0.3 is 12.2 Å². The van der Waals surface area contributed by atoms with E-state index in [1.807, 2.05) is 6.92 Å². The number of pyridine rings is 1. The van der Waals surface area contributed by atoms with Gasteiger partial charge in [-0.25, -0.2) is 4.79 Å². The molecule has 0 aliphatic rings. The van der Waals surface area contributed by atoms with Gasteiger partial charge in [-0.05, 0) is 48.4 Å². The molecule has 0 saturated carbocycles. The molecule has 0 radical (unpaired) electrons. The third-order valence-corrected chi connectivity index (χ3v) is 4.89. The van der Waals surface area contributed by atoms with E-state index in [0.29, 0.717) is 11.5 Å². The van der Waals surface area contributed by atoms with Gasteiger partial charge in [-0.3, -0.25) is 9.78 Å². The fourth-order valence-corrected chi connectivity index (χ4v) is 3.12. The van der Waals surface area contributed by atoms with E-state index >= 15 is 0 Å². The minimum Gasteiger partial charge on any atom is -0.495 e. The molecule has 35 heavy (non-hydrogen) atoms. The first-order valence-corrected chi connectivity index (χ1v) is 10.4. The SMILES string of the molecule is CNC(=O)c1cc(Oc2ccc(CNC(=O)Nc3cc(C(F)(F)F)ccc3OC)cc2C)ccn1. The molecule has 11 heteroatoms. The molecule has 0 saturated heterocycles. The zero-order chi connectivity index (χ0) is 25.6. The number of anilines is 1. The normalized spacial score (nSPS) is 10.9. The Morgan fingerprint density at radius 2 is 1.77 bits per heavy atom. The molecule has 0 spiro atoms. The Balaban J connectivity index is 1.64. The van der Waals surface area contributed by atoms with E-state index in [-0.39, 0.29) is 29.6 Å². The number of carbonyl (C=O) groups is 2. The molecule has 0 bridgehead atoms. The highest BCUT2D eigenvalue weighted by atomic mass is 19.4. The third kappa shape index (κ3) is 6.62. The highest BCUT2D eigenvalue weighted by Gasteiger charge is 2.31. The van der Waals surface area contributed by atoms with Crippen molar-refractivity contribution in [2.75, 3.05) is 19.5 Å². The van der Waals surface area contributed by atoms with Crippen molar-refractivity contribution in [2.45, 2.75) is 19.6 Å². The molecule has 3 rings (SSSR count). The lowest BCUT2D eigenvalue weighted by Gasteiger charge is -2.15. The Kier molecular flexibility index (Phi) is 7.80. The molecular formula is C24H23F3N4O4. The van der Waals surface area contributed by atoms with E-state index in [1.54, 1.807) is 24.3 Å². The number of aromatic nitrogens is 1. The van der Waals surface area contributed by atoms with Gasteiger partial charge in [-0.15, -0.1) is 0 Å². The number of amides is 3. The summed E-state index contributed by atoms with van der Waals surface area (Å²) in [5.41, 5.74) is 0.709. The lowest BCUT2D eigenvalue weighted by atomic mass is 10.1. The summed E-state index contributed by atoms with van der Waals surface area (Å²) in [6.07, 6.45) is -3.09. The average molecular weight is 488 g/mol. The summed E-state index contributed by atoms with van der Waals surface area (Å²) in [7, 11) is 2.80. The maximum absolute atomic E-state index is 13.0. The number of methoxy groups -OCH3 is 1. The van der Waals surface area contributed by atoms with Crippen LogP contribution in [0, 0.1) is 6.92 Å². The summed E-state index contributed by atoms with van der Waals surface area (Å²) in [6, 6.07) is 10.5. The number of nitrogens with zero attached hydrogens (tertiary/aromatic N) is 1. The third-order valence-electron chi connectivity index (χ3n) is 4.89. The van der Waals surface area contributed by atoms with Gasteiger partial charge in [0.25, 0.3) is 5.91 Å². The molecule has 3 aromatic rings. The highest BCUT2D eigenvalue weighted by molar-refractivity contribution is 5.92. The number of ether oxygens (including phenoxy) is 2. The summed E-state index contributed by atoms with van der Waals surface area (Å²) in [6.45, 7) is 1.93. The predicted molar refractivity (Wildman–Crippen MR) is 123 cm³/mol. The van der Waals surface area contributed by atoms with Crippen molar-refractivity contribution in [3.8, 4) is 17.2 Å². The molecule has 3 N–H and O–H groups in total. The second-order valence-electron chi connectivity index (χ2n) is 7.38. The van der Waals surface area contributed by atoms with Gasteiger partial charge in [0, 0.05) is 25.9 Å². The smallest absolute Gasteiger partial charge is 0.416 e. The van der Waals surface area contributed by atoms with Gasteiger partial charge in [0.05, 0.1) is 18.4 Å². The van der Waals surface area contributed by atoms with Gasteiger partial charge in [0.2, 0.25) is 0 Å².